The van der Waals surface area contributed by atoms with Crippen LogP contribution < -0.4 is 0 Å². The third-order valence-electron chi connectivity index (χ3n) is 6.94. The summed E-state index contributed by atoms with van der Waals surface area (Å²) in [6.45, 7) is 9.65. The van der Waals surface area contributed by atoms with E-state index >= 15 is 0 Å². The van der Waals surface area contributed by atoms with Crippen LogP contribution in [0.25, 0.3) is 0 Å². The first-order valence-electron chi connectivity index (χ1n) is 12.3. The van der Waals surface area contributed by atoms with E-state index in [1.165, 1.54) is 121 Å². The molecule has 0 amide bonds. The molecule has 0 aromatic carbocycles. The van der Waals surface area contributed by atoms with Gasteiger partial charge in [-0.2, -0.15) is 0 Å². The minimum atomic E-state index is -1.33. The average molecular weight is 499 g/mol. The normalized spacial score (nSPS) is 13.7. The first kappa shape index (κ1) is 27.2. The van der Waals surface area contributed by atoms with Crippen LogP contribution >= 0.6 is 26.3 Å². The van der Waals surface area contributed by atoms with Gasteiger partial charge in [0.05, 0.1) is 0 Å². The van der Waals surface area contributed by atoms with Crippen molar-refractivity contribution in [1.29, 1.82) is 0 Å². The van der Waals surface area contributed by atoms with Gasteiger partial charge in [0, 0.05) is 0 Å². The summed E-state index contributed by atoms with van der Waals surface area (Å²) < 4.78 is -1.33. The Hall–Kier alpha value is 1.16. The number of halogens is 1. The molecular formula is C24H52IP. The van der Waals surface area contributed by atoms with Crippen molar-refractivity contribution in [3.8, 4) is 0 Å². The molecule has 0 N–H and O–H groups in total. The van der Waals surface area contributed by atoms with Gasteiger partial charge in [0.2, 0.25) is 0 Å². The van der Waals surface area contributed by atoms with E-state index in [9.17, 15) is 0 Å². The summed E-state index contributed by atoms with van der Waals surface area (Å²) in [7, 11) is 0. The molecule has 0 rings (SSSR count). The molecule has 26 heavy (non-hydrogen) atoms. The second-order valence-electron chi connectivity index (χ2n) is 8.80. The van der Waals surface area contributed by atoms with E-state index in [-0.39, 0.29) is 0 Å². The molecule has 0 fully saturated rings. The molecule has 0 aliphatic carbocycles. The predicted octanol–water partition coefficient (Wildman–Crippen LogP) is 10.2. The van der Waals surface area contributed by atoms with Gasteiger partial charge in [0.1, 0.15) is 0 Å². The predicted molar refractivity (Wildman–Crippen MR) is 137 cm³/mol. The van der Waals surface area contributed by atoms with Crippen LogP contribution in [0.5, 0.6) is 0 Å². The number of hydrogen-bond acceptors (Lipinski definition) is 0. The molecule has 0 aliphatic rings. The van der Waals surface area contributed by atoms with E-state index in [4.69, 9.17) is 0 Å². The van der Waals surface area contributed by atoms with Crippen LogP contribution in [0.15, 0.2) is 0 Å². The van der Waals surface area contributed by atoms with Crippen LogP contribution in [-0.2, 0) is 0 Å². The first-order chi connectivity index (χ1) is 12.5. The maximum atomic E-state index is 2.93. The fourth-order valence-electron chi connectivity index (χ4n) is 4.20. The number of unbranched alkanes of at least 4 members (excludes halogenated alkanes) is 15. The summed E-state index contributed by atoms with van der Waals surface area (Å²) in [4.78, 5) is 0. The number of rotatable bonds is 20. The van der Waals surface area contributed by atoms with Gasteiger partial charge in [-0.15, -0.1) is 0 Å². The van der Waals surface area contributed by atoms with Gasteiger partial charge in [-0.25, -0.2) is 0 Å². The Morgan fingerprint density at radius 1 is 0.423 bits per heavy atom. The second kappa shape index (κ2) is 17.1. The average Bonchev–Trinajstić information content (AvgIpc) is 2.68. The Balaban J connectivity index is 3.34. The van der Waals surface area contributed by atoms with Crippen molar-refractivity contribution in [1.82, 2.24) is 0 Å². The van der Waals surface area contributed by atoms with Gasteiger partial charge in [-0.1, -0.05) is 39.0 Å². The zero-order chi connectivity index (χ0) is 19.6. The summed E-state index contributed by atoms with van der Waals surface area (Å²) in [5.41, 5.74) is 0. The fourth-order valence-corrected chi connectivity index (χ4v) is 8.53. The van der Waals surface area contributed by atoms with Crippen molar-refractivity contribution < 1.29 is 0 Å². The van der Waals surface area contributed by atoms with Gasteiger partial charge >= 0.3 is 142 Å². The molecule has 0 aromatic rings. The number of hydrogen-bond donors (Lipinski definition) is 0. The standard InChI is InChI=1S/C24H52IP/c1-5-9-10-11-12-13-14-15-16-17-18-19-20-21-22-23-24-26(25,6-2,7-3)8-4/h5-24H2,1-4H3. The van der Waals surface area contributed by atoms with Gasteiger partial charge in [0.25, 0.3) is 0 Å². The zero-order valence-corrected chi connectivity index (χ0v) is 22.0. The van der Waals surface area contributed by atoms with Crippen LogP contribution in [0.3, 0.4) is 0 Å². The quantitative estimate of drug-likeness (QED) is 0.0890. The van der Waals surface area contributed by atoms with Gasteiger partial charge in [-0.3, -0.25) is 0 Å². The van der Waals surface area contributed by atoms with Crippen molar-refractivity contribution in [2.24, 2.45) is 0 Å². The molecule has 0 saturated carbocycles. The Kier molecular flexibility index (Phi) is 17.8. The summed E-state index contributed by atoms with van der Waals surface area (Å²) in [5, 5.41) is 0. The third kappa shape index (κ3) is 13.4. The summed E-state index contributed by atoms with van der Waals surface area (Å²) in [5.74, 6) is 0. The van der Waals surface area contributed by atoms with Crippen LogP contribution in [0.4, 0.5) is 0 Å². The molecule has 2 heteroatoms. The summed E-state index contributed by atoms with van der Waals surface area (Å²) in [6, 6.07) is 0. The molecule has 0 aliphatic heterocycles. The Bertz CT molecular complexity index is 288. The molecule has 0 spiro atoms. The second-order valence-corrected chi connectivity index (χ2v) is 23.0. The van der Waals surface area contributed by atoms with Crippen LogP contribution in [0.2, 0.25) is 0 Å². The Morgan fingerprint density at radius 2 is 0.692 bits per heavy atom. The molecule has 0 saturated heterocycles. The van der Waals surface area contributed by atoms with Crippen LogP contribution in [0.1, 0.15) is 130 Å². The molecule has 0 unspecified atom stereocenters. The van der Waals surface area contributed by atoms with E-state index in [2.05, 4.69) is 49.7 Å². The third-order valence-corrected chi connectivity index (χ3v) is 20.7. The van der Waals surface area contributed by atoms with Gasteiger partial charge < -0.3 is 0 Å². The SMILES string of the molecule is CCCCCCCCCCCCCCCCCCP(I)(CC)(CC)CC. The molecule has 0 aromatic heterocycles. The molecule has 0 radical (unpaired) electrons. The Morgan fingerprint density at radius 3 is 0.962 bits per heavy atom. The minimum absolute atomic E-state index is 1.33. The van der Waals surface area contributed by atoms with Crippen molar-refractivity contribution in [3.63, 3.8) is 0 Å². The summed E-state index contributed by atoms with van der Waals surface area (Å²) in [6.07, 6.45) is 29.5. The van der Waals surface area contributed by atoms with Crippen LogP contribution in [0, 0.1) is 0 Å². The van der Waals surface area contributed by atoms with E-state index in [0.29, 0.717) is 0 Å². The topological polar surface area (TPSA) is 0 Å². The van der Waals surface area contributed by atoms with Gasteiger partial charge in [0.15, 0.2) is 0 Å². The van der Waals surface area contributed by atoms with Gasteiger partial charge in [-0.05, 0) is 0 Å². The van der Waals surface area contributed by atoms with E-state index in [0.717, 1.165) is 0 Å². The maximum absolute atomic E-state index is 2.93. The Labute approximate surface area is 180 Å². The zero-order valence-electron chi connectivity index (χ0n) is 19.0. The monoisotopic (exact) mass is 498 g/mol. The van der Waals surface area contributed by atoms with E-state index in [1.54, 1.807) is 6.16 Å². The molecule has 160 valence electrons. The van der Waals surface area contributed by atoms with E-state index in [1.807, 2.05) is 0 Å². The van der Waals surface area contributed by atoms with Crippen molar-refractivity contribution in [2.75, 3.05) is 24.6 Å². The summed E-state index contributed by atoms with van der Waals surface area (Å²) >= 11 is 2.93. The van der Waals surface area contributed by atoms with E-state index < -0.39 is 4.25 Å². The first-order valence-corrected chi connectivity index (χ1v) is 18.0. The van der Waals surface area contributed by atoms with Crippen molar-refractivity contribution >= 4 is 26.3 Å². The van der Waals surface area contributed by atoms with Crippen molar-refractivity contribution in [2.45, 2.75) is 130 Å². The molecule has 0 nitrogen and oxygen atoms in total. The molecule has 0 atom stereocenters. The van der Waals surface area contributed by atoms with Crippen molar-refractivity contribution in [3.05, 3.63) is 0 Å². The molecular weight excluding hydrogens is 446 g/mol. The fraction of sp³-hybridized carbons (Fsp3) is 1.00. The van der Waals surface area contributed by atoms with Crippen LogP contribution in [-0.4, -0.2) is 24.6 Å². The molecule has 0 heterocycles. The molecule has 0 bridgehead atoms.